The number of nitrogens with one attached hydrogen (secondary N) is 1. The van der Waals surface area contributed by atoms with Gasteiger partial charge in [-0.2, -0.15) is 0 Å². The molecular weight excluding hydrogens is 262 g/mol. The quantitative estimate of drug-likeness (QED) is 0.896. The van der Waals surface area contributed by atoms with E-state index in [1.165, 1.54) is 6.92 Å². The van der Waals surface area contributed by atoms with Gasteiger partial charge in [0, 0.05) is 6.04 Å². The largest absolute Gasteiger partial charge is 0.353 e. The van der Waals surface area contributed by atoms with Crippen molar-refractivity contribution in [2.75, 3.05) is 0 Å². The van der Waals surface area contributed by atoms with E-state index in [0.717, 1.165) is 11.1 Å². The van der Waals surface area contributed by atoms with Crippen molar-refractivity contribution in [1.82, 2.24) is 5.32 Å². The molecule has 1 atom stereocenters. The number of carbonyl (C=O) groups excluding carboxylic acids is 1. The third kappa shape index (κ3) is 4.35. The van der Waals surface area contributed by atoms with Gasteiger partial charge in [0.2, 0.25) is 5.91 Å². The first kappa shape index (κ1) is 15.7. The maximum absolute atomic E-state index is 12.2. The van der Waals surface area contributed by atoms with Crippen molar-refractivity contribution in [1.29, 1.82) is 0 Å². The minimum Gasteiger partial charge on any atom is -0.353 e. The van der Waals surface area contributed by atoms with Crippen LogP contribution in [0.15, 0.2) is 24.3 Å². The smallest absolute Gasteiger partial charge is 0.238 e. The Kier molecular flexibility index (Phi) is 5.11. The lowest BCUT2D eigenvalue weighted by molar-refractivity contribution is -0.120. The van der Waals surface area contributed by atoms with Gasteiger partial charge in [0.15, 0.2) is 9.84 Å². The molecule has 106 valence electrons. The molecule has 1 rings (SSSR count). The van der Waals surface area contributed by atoms with E-state index in [9.17, 15) is 13.2 Å². The van der Waals surface area contributed by atoms with E-state index < -0.39 is 21.0 Å². The summed E-state index contributed by atoms with van der Waals surface area (Å²) in [5, 5.41) is 1.60. The first-order chi connectivity index (χ1) is 8.74. The van der Waals surface area contributed by atoms with Gasteiger partial charge in [-0.15, -0.1) is 0 Å². The van der Waals surface area contributed by atoms with E-state index in [4.69, 9.17) is 0 Å². The highest BCUT2D eigenvalue weighted by Crippen LogP contribution is 2.15. The Bertz CT molecular complexity index is 550. The van der Waals surface area contributed by atoms with Crippen LogP contribution in [0, 0.1) is 6.92 Å². The highest BCUT2D eigenvalue weighted by Gasteiger charge is 2.28. The predicted molar refractivity (Wildman–Crippen MR) is 76.5 cm³/mol. The summed E-state index contributed by atoms with van der Waals surface area (Å²) in [6.07, 6.45) is 0. The molecule has 19 heavy (non-hydrogen) atoms. The normalized spacial score (nSPS) is 13.3. The number of hydrogen-bond acceptors (Lipinski definition) is 3. The summed E-state index contributed by atoms with van der Waals surface area (Å²) in [5.74, 6) is -0.546. The number of carbonyl (C=O) groups is 1. The van der Waals surface area contributed by atoms with E-state index in [2.05, 4.69) is 5.32 Å². The lowest BCUT2D eigenvalue weighted by Crippen LogP contribution is -2.41. The zero-order valence-electron chi connectivity index (χ0n) is 11.8. The van der Waals surface area contributed by atoms with E-state index in [1.807, 2.05) is 19.1 Å². The van der Waals surface area contributed by atoms with Crippen LogP contribution in [0.1, 0.15) is 31.9 Å². The number of amides is 1. The number of aryl methyl sites for hydroxylation is 1. The van der Waals surface area contributed by atoms with Crippen LogP contribution in [0.4, 0.5) is 0 Å². The van der Waals surface area contributed by atoms with Gasteiger partial charge in [0.1, 0.15) is 5.25 Å². The molecule has 1 aromatic carbocycles. The molecule has 0 aliphatic heterocycles. The number of sulfone groups is 1. The Balaban J connectivity index is 2.87. The second-order valence-electron chi connectivity index (χ2n) is 5.04. The molecule has 0 radical (unpaired) electrons. The molecule has 5 heteroatoms. The Morgan fingerprint density at radius 2 is 1.79 bits per heavy atom. The van der Waals surface area contributed by atoms with Crippen LogP contribution < -0.4 is 5.32 Å². The van der Waals surface area contributed by atoms with E-state index >= 15 is 0 Å². The zero-order chi connectivity index (χ0) is 14.6. The summed E-state index contributed by atoms with van der Waals surface area (Å²) < 4.78 is 24.4. The minimum atomic E-state index is -3.49. The van der Waals surface area contributed by atoms with Crippen LogP contribution in [-0.2, 0) is 20.4 Å². The first-order valence-electron chi connectivity index (χ1n) is 6.30. The number of rotatable bonds is 5. The van der Waals surface area contributed by atoms with Gasteiger partial charge in [-0.25, -0.2) is 8.42 Å². The molecule has 4 nitrogen and oxygen atoms in total. The Morgan fingerprint density at radius 3 is 2.32 bits per heavy atom. The molecule has 0 bridgehead atoms. The highest BCUT2D eigenvalue weighted by atomic mass is 32.2. The lowest BCUT2D eigenvalue weighted by atomic mass is 10.1. The topological polar surface area (TPSA) is 63.2 Å². The Hall–Kier alpha value is -1.36. The van der Waals surface area contributed by atoms with Crippen LogP contribution in [0.5, 0.6) is 0 Å². The number of hydrogen-bond donors (Lipinski definition) is 1. The van der Waals surface area contributed by atoms with Crippen LogP contribution in [0.25, 0.3) is 0 Å². The van der Waals surface area contributed by atoms with Gasteiger partial charge in [0.05, 0.1) is 5.75 Å². The molecule has 1 aromatic rings. The van der Waals surface area contributed by atoms with Crippen molar-refractivity contribution in [3.05, 3.63) is 35.4 Å². The molecule has 0 fully saturated rings. The van der Waals surface area contributed by atoms with Gasteiger partial charge >= 0.3 is 0 Å². The summed E-state index contributed by atoms with van der Waals surface area (Å²) in [4.78, 5) is 11.8. The highest BCUT2D eigenvalue weighted by molar-refractivity contribution is 7.92. The van der Waals surface area contributed by atoms with Crippen molar-refractivity contribution < 1.29 is 13.2 Å². The lowest BCUT2D eigenvalue weighted by Gasteiger charge is -2.16. The maximum Gasteiger partial charge on any atom is 0.238 e. The van der Waals surface area contributed by atoms with Crippen LogP contribution in [0.3, 0.4) is 0 Å². The molecule has 0 aliphatic carbocycles. The molecule has 1 amide bonds. The molecule has 0 spiro atoms. The minimum absolute atomic E-state index is 0.0661. The zero-order valence-corrected chi connectivity index (χ0v) is 12.6. The summed E-state index contributed by atoms with van der Waals surface area (Å²) in [6.45, 7) is 6.91. The SMILES string of the molecule is Cc1ccccc1CS(=O)(=O)[C@@H](C)C(=O)NC(C)C. The average Bonchev–Trinajstić information content (AvgIpc) is 2.30. The molecule has 0 aliphatic rings. The summed E-state index contributed by atoms with van der Waals surface area (Å²) in [7, 11) is -3.49. The molecule has 1 N–H and O–H groups in total. The van der Waals surface area contributed by atoms with Gasteiger partial charge in [0.25, 0.3) is 0 Å². The van der Waals surface area contributed by atoms with Crippen LogP contribution in [-0.4, -0.2) is 25.6 Å². The fourth-order valence-corrected chi connectivity index (χ4v) is 3.08. The summed E-state index contributed by atoms with van der Waals surface area (Å²) >= 11 is 0. The van der Waals surface area contributed by atoms with Crippen molar-refractivity contribution in [3.63, 3.8) is 0 Å². The van der Waals surface area contributed by atoms with E-state index in [0.29, 0.717) is 0 Å². The molecule has 0 aromatic heterocycles. The molecule has 0 saturated heterocycles. The van der Waals surface area contributed by atoms with E-state index in [1.54, 1.807) is 26.0 Å². The van der Waals surface area contributed by atoms with Crippen molar-refractivity contribution >= 4 is 15.7 Å². The maximum atomic E-state index is 12.2. The third-order valence-corrected chi connectivity index (χ3v) is 4.96. The summed E-state index contributed by atoms with van der Waals surface area (Å²) in [5.41, 5.74) is 1.66. The second kappa shape index (κ2) is 6.19. The fraction of sp³-hybridized carbons (Fsp3) is 0.500. The monoisotopic (exact) mass is 283 g/mol. The van der Waals surface area contributed by atoms with Crippen molar-refractivity contribution in [2.45, 2.75) is 44.7 Å². The Morgan fingerprint density at radius 1 is 1.21 bits per heavy atom. The third-order valence-electron chi connectivity index (χ3n) is 2.96. The van der Waals surface area contributed by atoms with Gasteiger partial charge < -0.3 is 5.32 Å². The predicted octanol–water partition coefficient (Wildman–Crippen LogP) is 1.82. The fourth-order valence-electron chi connectivity index (χ4n) is 1.68. The van der Waals surface area contributed by atoms with Crippen LogP contribution >= 0.6 is 0 Å². The number of benzene rings is 1. The molecule has 0 unspecified atom stereocenters. The molecular formula is C14H21NO3S. The second-order valence-corrected chi connectivity index (χ2v) is 7.36. The van der Waals surface area contributed by atoms with Gasteiger partial charge in [-0.05, 0) is 38.8 Å². The average molecular weight is 283 g/mol. The molecule has 0 saturated carbocycles. The van der Waals surface area contributed by atoms with Gasteiger partial charge in [-0.3, -0.25) is 4.79 Å². The van der Waals surface area contributed by atoms with Crippen molar-refractivity contribution in [2.24, 2.45) is 0 Å². The van der Waals surface area contributed by atoms with Crippen molar-refractivity contribution in [3.8, 4) is 0 Å². The standard InChI is InChI=1S/C14H21NO3S/c1-10(2)15-14(16)12(4)19(17,18)9-13-8-6-5-7-11(13)3/h5-8,10,12H,9H2,1-4H3,(H,15,16)/t12-/m0/s1. The Labute approximate surface area is 115 Å². The summed E-state index contributed by atoms with van der Waals surface area (Å²) in [6, 6.07) is 7.24. The molecule has 0 heterocycles. The van der Waals surface area contributed by atoms with E-state index in [-0.39, 0.29) is 11.8 Å². The first-order valence-corrected chi connectivity index (χ1v) is 8.02. The van der Waals surface area contributed by atoms with Crippen LogP contribution in [0.2, 0.25) is 0 Å². The van der Waals surface area contributed by atoms with Gasteiger partial charge in [-0.1, -0.05) is 24.3 Å².